The number of amides is 1. The molecule has 0 bridgehead atoms. The Morgan fingerprint density at radius 1 is 1.02 bits per heavy atom. The second-order valence-corrected chi connectivity index (χ2v) is 12.4. The normalized spacial score (nSPS) is 25.9. The van der Waals surface area contributed by atoms with Crippen molar-refractivity contribution in [2.75, 3.05) is 46.4 Å². The predicted octanol–water partition coefficient (Wildman–Crippen LogP) is 4.16. The van der Waals surface area contributed by atoms with Crippen molar-refractivity contribution in [1.29, 1.82) is 0 Å². The Morgan fingerprint density at radius 3 is 2.52 bits per heavy atom. The van der Waals surface area contributed by atoms with Crippen molar-refractivity contribution >= 4 is 5.91 Å². The van der Waals surface area contributed by atoms with E-state index in [4.69, 9.17) is 9.72 Å². The van der Waals surface area contributed by atoms with E-state index in [-0.39, 0.29) is 24.1 Å². The highest BCUT2D eigenvalue weighted by molar-refractivity contribution is 5.98. The van der Waals surface area contributed by atoms with Gasteiger partial charge < -0.3 is 29.5 Å². The number of aromatic nitrogens is 2. The molecule has 3 aromatic rings. The maximum atomic E-state index is 14.3. The highest BCUT2D eigenvalue weighted by Gasteiger charge is 2.43. The van der Waals surface area contributed by atoms with Crippen molar-refractivity contribution in [3.05, 3.63) is 78.2 Å². The third kappa shape index (κ3) is 6.32. The number of carbonyl (C=O) groups excluding carboxylic acids is 1. The molecule has 2 saturated heterocycles. The van der Waals surface area contributed by atoms with Gasteiger partial charge >= 0.3 is 0 Å². The lowest BCUT2D eigenvalue weighted by Gasteiger charge is -2.42. The number of hydrogen-bond acceptors (Lipinski definition) is 6. The first kappa shape index (κ1) is 29.1. The Balaban J connectivity index is 1.30. The van der Waals surface area contributed by atoms with Crippen molar-refractivity contribution in [2.45, 2.75) is 68.7 Å². The van der Waals surface area contributed by atoms with Gasteiger partial charge in [0.15, 0.2) is 5.69 Å². The van der Waals surface area contributed by atoms with Gasteiger partial charge in [0.1, 0.15) is 5.60 Å². The number of nitrogens with zero attached hydrogens (tertiary/aromatic N) is 4. The molecule has 1 aliphatic carbocycles. The van der Waals surface area contributed by atoms with Gasteiger partial charge in [0.2, 0.25) is 0 Å². The lowest BCUT2D eigenvalue weighted by Crippen LogP contribution is -2.54. The van der Waals surface area contributed by atoms with Gasteiger partial charge in [-0.1, -0.05) is 73.5 Å². The van der Waals surface area contributed by atoms with Crippen molar-refractivity contribution in [3.8, 4) is 11.3 Å². The number of nitrogens with one attached hydrogen (secondary N) is 1. The van der Waals surface area contributed by atoms with Crippen LogP contribution < -0.4 is 5.32 Å². The molecule has 8 nitrogen and oxygen atoms in total. The van der Waals surface area contributed by atoms with Gasteiger partial charge in [0.05, 0.1) is 30.8 Å². The molecular formula is C34H45N5O3. The van der Waals surface area contributed by atoms with Crippen LogP contribution in [0, 0.1) is 0 Å². The first-order valence-corrected chi connectivity index (χ1v) is 15.7. The molecule has 3 atom stereocenters. The Labute approximate surface area is 249 Å². The minimum absolute atomic E-state index is 0.0389. The zero-order chi connectivity index (χ0) is 28.9. The number of piperidine rings is 1. The standard InChI is InChI=1S/C34H45N5O3/c1-37-19-15-29(16-20-37)42-24-34(41)17-9-8-14-30(34)39-25-36-31(32(39)27-12-6-3-7-13-27)33(40)38-21-18-35-23-28(38)22-26-10-4-2-5-11-26/h2-7,10-13,25,28-30,35,41H,8-9,14-24H2,1H3/t28-,30+,34+/m1/s1. The van der Waals surface area contributed by atoms with Gasteiger partial charge in [0, 0.05) is 44.3 Å². The fourth-order valence-electron chi connectivity index (χ4n) is 7.05. The summed E-state index contributed by atoms with van der Waals surface area (Å²) in [6, 6.07) is 20.3. The number of carbonyl (C=O) groups is 1. The number of benzene rings is 2. The summed E-state index contributed by atoms with van der Waals surface area (Å²) in [4.78, 5) is 23.5. The van der Waals surface area contributed by atoms with E-state index in [1.807, 2.05) is 41.3 Å². The zero-order valence-electron chi connectivity index (χ0n) is 24.8. The topological polar surface area (TPSA) is 82.9 Å². The molecule has 1 saturated carbocycles. The monoisotopic (exact) mass is 571 g/mol. The minimum atomic E-state index is -1.02. The zero-order valence-corrected chi connectivity index (χ0v) is 24.8. The Hall–Kier alpha value is -3.04. The van der Waals surface area contributed by atoms with Gasteiger partial charge in [0.25, 0.3) is 5.91 Å². The van der Waals surface area contributed by atoms with Crippen molar-refractivity contribution in [1.82, 2.24) is 24.7 Å². The Kier molecular flexibility index (Phi) is 9.05. The average Bonchev–Trinajstić information content (AvgIpc) is 3.47. The third-order valence-electron chi connectivity index (χ3n) is 9.50. The molecule has 3 aliphatic rings. The minimum Gasteiger partial charge on any atom is -0.385 e. The largest absolute Gasteiger partial charge is 0.385 e. The fourth-order valence-corrected chi connectivity index (χ4v) is 7.05. The lowest BCUT2D eigenvalue weighted by atomic mass is 9.80. The molecule has 8 heteroatoms. The van der Waals surface area contributed by atoms with Crippen LogP contribution in [0.3, 0.4) is 0 Å². The molecule has 2 aliphatic heterocycles. The molecule has 224 valence electrons. The van der Waals surface area contributed by atoms with Gasteiger partial charge in [-0.05, 0) is 44.7 Å². The summed E-state index contributed by atoms with van der Waals surface area (Å²) in [6.07, 6.45) is 8.23. The van der Waals surface area contributed by atoms with Crippen LogP contribution >= 0.6 is 0 Å². The summed E-state index contributed by atoms with van der Waals surface area (Å²) in [7, 11) is 2.15. The van der Waals surface area contributed by atoms with Crippen LogP contribution in [0.15, 0.2) is 67.0 Å². The Morgan fingerprint density at radius 2 is 1.76 bits per heavy atom. The maximum Gasteiger partial charge on any atom is 0.275 e. The second-order valence-electron chi connectivity index (χ2n) is 12.4. The third-order valence-corrected chi connectivity index (χ3v) is 9.50. The number of ether oxygens (including phenoxy) is 1. The molecule has 1 amide bonds. The fraction of sp³-hybridized carbons (Fsp3) is 0.529. The summed E-state index contributed by atoms with van der Waals surface area (Å²) in [6.45, 7) is 4.49. The van der Waals surface area contributed by atoms with Crippen LogP contribution in [-0.2, 0) is 11.2 Å². The first-order valence-electron chi connectivity index (χ1n) is 15.7. The van der Waals surface area contributed by atoms with Gasteiger partial charge in [-0.3, -0.25) is 4.79 Å². The predicted molar refractivity (Wildman–Crippen MR) is 164 cm³/mol. The van der Waals surface area contributed by atoms with Crippen LogP contribution in [0.25, 0.3) is 11.3 Å². The van der Waals surface area contributed by atoms with Crippen molar-refractivity contribution in [3.63, 3.8) is 0 Å². The molecule has 42 heavy (non-hydrogen) atoms. The van der Waals surface area contributed by atoms with E-state index in [0.717, 1.165) is 76.0 Å². The number of likely N-dealkylation sites (tertiary alicyclic amines) is 1. The Bertz CT molecular complexity index is 1310. The molecular weight excluding hydrogens is 526 g/mol. The summed E-state index contributed by atoms with van der Waals surface area (Å²) < 4.78 is 8.49. The van der Waals surface area contributed by atoms with E-state index in [0.29, 0.717) is 25.3 Å². The summed E-state index contributed by atoms with van der Waals surface area (Å²) in [5, 5.41) is 15.6. The average molecular weight is 572 g/mol. The summed E-state index contributed by atoms with van der Waals surface area (Å²) in [5.74, 6) is -0.0445. The number of rotatable bonds is 8. The number of piperazine rings is 1. The summed E-state index contributed by atoms with van der Waals surface area (Å²) in [5.41, 5.74) is 2.40. The highest BCUT2D eigenvalue weighted by atomic mass is 16.5. The molecule has 3 heterocycles. The van der Waals surface area contributed by atoms with E-state index in [9.17, 15) is 9.90 Å². The van der Waals surface area contributed by atoms with Crippen LogP contribution in [-0.4, -0.2) is 94.5 Å². The molecule has 3 fully saturated rings. The summed E-state index contributed by atoms with van der Waals surface area (Å²) >= 11 is 0. The molecule has 2 N–H and O–H groups in total. The van der Waals surface area contributed by atoms with Gasteiger partial charge in [-0.15, -0.1) is 0 Å². The molecule has 0 radical (unpaired) electrons. The van der Waals surface area contributed by atoms with Crippen LogP contribution in [0.1, 0.15) is 60.6 Å². The van der Waals surface area contributed by atoms with Crippen molar-refractivity contribution < 1.29 is 14.6 Å². The van der Waals surface area contributed by atoms with E-state index in [2.05, 4.69) is 46.1 Å². The quantitative estimate of drug-likeness (QED) is 0.423. The first-order chi connectivity index (χ1) is 20.5. The van der Waals surface area contributed by atoms with E-state index in [1.165, 1.54) is 5.56 Å². The SMILES string of the molecule is CN1CCC(OC[C@@]2(O)CCCC[C@@H]2n2cnc(C(=O)N3CCNC[C@H]3Cc3ccccc3)c2-c2ccccc2)CC1. The van der Waals surface area contributed by atoms with E-state index < -0.39 is 5.60 Å². The number of aliphatic hydroxyl groups is 1. The number of imidazole rings is 1. The molecule has 1 aromatic heterocycles. The highest BCUT2D eigenvalue weighted by Crippen LogP contribution is 2.41. The number of hydrogen-bond donors (Lipinski definition) is 2. The molecule has 0 unspecified atom stereocenters. The molecule has 0 spiro atoms. The van der Waals surface area contributed by atoms with E-state index in [1.54, 1.807) is 6.33 Å². The smallest absolute Gasteiger partial charge is 0.275 e. The molecule has 6 rings (SSSR count). The van der Waals surface area contributed by atoms with Crippen LogP contribution in [0.4, 0.5) is 0 Å². The maximum absolute atomic E-state index is 14.3. The van der Waals surface area contributed by atoms with Gasteiger partial charge in [-0.25, -0.2) is 4.98 Å². The lowest BCUT2D eigenvalue weighted by molar-refractivity contribution is -0.123. The molecule has 2 aromatic carbocycles. The van der Waals surface area contributed by atoms with Crippen LogP contribution in [0.2, 0.25) is 0 Å². The van der Waals surface area contributed by atoms with Crippen LogP contribution in [0.5, 0.6) is 0 Å². The van der Waals surface area contributed by atoms with Crippen molar-refractivity contribution in [2.24, 2.45) is 0 Å². The van der Waals surface area contributed by atoms with E-state index >= 15 is 0 Å². The van der Waals surface area contributed by atoms with Gasteiger partial charge in [-0.2, -0.15) is 0 Å². The second kappa shape index (κ2) is 13.1.